The minimum absolute atomic E-state index is 0.0609. The van der Waals surface area contributed by atoms with Gasteiger partial charge in [0, 0.05) is 50.6 Å². The zero-order chi connectivity index (χ0) is 44.9. The van der Waals surface area contributed by atoms with E-state index in [1.54, 1.807) is 9.80 Å². The average Bonchev–Trinajstić information content (AvgIpc) is 4.14. The molecule has 4 amide bonds. The van der Waals surface area contributed by atoms with Gasteiger partial charge in [-0.2, -0.15) is 0 Å². The van der Waals surface area contributed by atoms with Crippen LogP contribution in [0.25, 0.3) is 33.6 Å². The number of carbonyl (C=O) groups is 4. The van der Waals surface area contributed by atoms with E-state index in [0.29, 0.717) is 64.3 Å². The molecule has 1 saturated carbocycles. The molecule has 2 bridgehead atoms. The predicted octanol–water partition coefficient (Wildman–Crippen LogP) is 9.14. The van der Waals surface area contributed by atoms with Crippen LogP contribution < -0.4 is 0 Å². The van der Waals surface area contributed by atoms with E-state index in [1.165, 1.54) is 0 Å². The van der Waals surface area contributed by atoms with E-state index < -0.39 is 11.2 Å². The summed E-state index contributed by atoms with van der Waals surface area (Å²) in [7, 11) is 0. The Hall–Kier alpha value is -5.66. The Labute approximate surface area is 376 Å². The molecular weight excluding hydrogens is 809 g/mol. The lowest BCUT2D eigenvalue weighted by atomic mass is 9.92. The number of imidazole rings is 2. The molecule has 64 heavy (non-hydrogen) atoms. The summed E-state index contributed by atoms with van der Waals surface area (Å²) >= 11 is 0. The molecule has 14 heteroatoms. The summed E-state index contributed by atoms with van der Waals surface area (Å²) in [4.78, 5) is 77.5. The number of rotatable bonds is 7. The molecule has 4 aromatic rings. The van der Waals surface area contributed by atoms with Crippen molar-refractivity contribution in [1.82, 2.24) is 39.5 Å². The molecule has 2 aromatic carbocycles. The summed E-state index contributed by atoms with van der Waals surface area (Å²) in [5, 5.41) is 0. The number of amides is 4. The molecule has 0 unspecified atom stereocenters. The van der Waals surface area contributed by atoms with E-state index in [0.717, 1.165) is 77.4 Å². The number of nitrogens with one attached hydrogen (secondary N) is 2. The van der Waals surface area contributed by atoms with E-state index in [4.69, 9.17) is 19.4 Å². The molecule has 6 heterocycles. The van der Waals surface area contributed by atoms with Crippen LogP contribution >= 0.6 is 0 Å². The Bertz CT molecular complexity index is 2330. The number of H-pyrrole nitrogens is 2. The zero-order valence-corrected chi connectivity index (χ0v) is 38.3. The van der Waals surface area contributed by atoms with Gasteiger partial charge in [0.2, 0.25) is 11.8 Å². The van der Waals surface area contributed by atoms with Gasteiger partial charge in [0.05, 0.1) is 35.9 Å². The Morgan fingerprint density at radius 3 is 1.56 bits per heavy atom. The van der Waals surface area contributed by atoms with Gasteiger partial charge < -0.3 is 39.0 Å². The van der Waals surface area contributed by atoms with Crippen molar-refractivity contribution in [3.05, 3.63) is 72.6 Å². The molecule has 4 atom stereocenters. The lowest BCUT2D eigenvalue weighted by Gasteiger charge is -2.39. The van der Waals surface area contributed by atoms with Gasteiger partial charge >= 0.3 is 12.2 Å². The molecule has 1 aliphatic carbocycles. The first-order valence-electron chi connectivity index (χ1n) is 23.5. The fraction of sp³-hybridized carbons (Fsp3) is 0.560. The van der Waals surface area contributed by atoms with E-state index >= 15 is 0 Å². The van der Waals surface area contributed by atoms with Crippen molar-refractivity contribution in [1.29, 1.82) is 0 Å². The van der Waals surface area contributed by atoms with E-state index in [-0.39, 0.29) is 54.0 Å². The summed E-state index contributed by atoms with van der Waals surface area (Å²) in [5.41, 5.74) is 5.00. The molecule has 0 radical (unpaired) electrons. The SMILES string of the molecule is CC(C)(C)OC(=O)N1CCC(C(=O)N2CCC[C@H]2c2ncc(-c3ccc(-c4ccc(-c5cnc([C@H]6[C@H]7CC[C@@H](C7)N6C(=O)C6CCN(C(=O)OC(C)(C)C)CC6)[nH]5)cc4)cc3)[nH]2)CC1. The standard InChI is InChI=1S/C50H64N8O6/c1-49(2,3)63-47(61)55-24-19-35(20-25-55)45(59)57-23-7-8-41(57)43-51-29-39(53-43)33-13-9-31(10-14-33)32-11-15-34(16-12-32)40-30-52-44(54-40)42-37-17-18-38(28-37)58(42)46(60)36-21-26-56(27-22-36)48(62)64-50(4,5)6/h9-16,29-30,35-38,41-42H,7-8,17-28H2,1-6H3,(H,51,53)(H,52,54)/t37-,38-,41-,42+/m0/s1. The third-order valence-corrected chi connectivity index (χ3v) is 13.9. The molecular formula is C50H64N8O6. The highest BCUT2D eigenvalue weighted by atomic mass is 16.6. The smallest absolute Gasteiger partial charge is 0.410 e. The van der Waals surface area contributed by atoms with Crippen molar-refractivity contribution in [3.8, 4) is 33.6 Å². The first-order chi connectivity index (χ1) is 30.6. The monoisotopic (exact) mass is 872 g/mol. The molecule has 9 rings (SSSR count). The van der Waals surface area contributed by atoms with Crippen LogP contribution in [0.4, 0.5) is 9.59 Å². The number of fused-ring (bicyclic) bond motifs is 2. The summed E-state index contributed by atoms with van der Waals surface area (Å²) in [6.45, 7) is 14.0. The van der Waals surface area contributed by atoms with Crippen molar-refractivity contribution >= 4 is 24.0 Å². The lowest BCUT2D eigenvalue weighted by Crippen LogP contribution is -2.48. The Balaban J connectivity index is 0.804. The molecule has 4 saturated heterocycles. The van der Waals surface area contributed by atoms with Crippen LogP contribution in [0.5, 0.6) is 0 Å². The Kier molecular flexibility index (Phi) is 11.8. The topological polar surface area (TPSA) is 157 Å². The number of carbonyl (C=O) groups excluding carboxylic acids is 4. The third kappa shape index (κ3) is 9.15. The summed E-state index contributed by atoms with van der Waals surface area (Å²) < 4.78 is 11.1. The highest BCUT2D eigenvalue weighted by Gasteiger charge is 2.51. The van der Waals surface area contributed by atoms with Crippen LogP contribution in [0.1, 0.15) is 123 Å². The number of aromatic nitrogens is 4. The second kappa shape index (κ2) is 17.4. The lowest BCUT2D eigenvalue weighted by molar-refractivity contribution is -0.142. The fourth-order valence-corrected chi connectivity index (χ4v) is 10.7. The molecule has 5 aliphatic rings. The summed E-state index contributed by atoms with van der Waals surface area (Å²) in [6, 6.07) is 17.0. The molecule has 14 nitrogen and oxygen atoms in total. The normalized spacial score (nSPS) is 23.2. The van der Waals surface area contributed by atoms with E-state index in [9.17, 15) is 19.2 Å². The molecule has 0 spiro atoms. The van der Waals surface area contributed by atoms with Crippen LogP contribution in [0.15, 0.2) is 60.9 Å². The van der Waals surface area contributed by atoms with Gasteiger partial charge in [0.15, 0.2) is 0 Å². The first-order valence-corrected chi connectivity index (χ1v) is 23.5. The minimum atomic E-state index is -0.546. The maximum absolute atomic E-state index is 14.1. The van der Waals surface area contributed by atoms with Gasteiger partial charge in [-0.3, -0.25) is 9.59 Å². The number of piperidine rings is 3. The highest BCUT2D eigenvalue weighted by molar-refractivity contribution is 5.81. The van der Waals surface area contributed by atoms with Crippen molar-refractivity contribution in [2.24, 2.45) is 17.8 Å². The van der Waals surface area contributed by atoms with Crippen LogP contribution in [0.2, 0.25) is 0 Å². The largest absolute Gasteiger partial charge is 0.444 e. The number of ether oxygens (including phenoxy) is 2. The van der Waals surface area contributed by atoms with E-state index in [2.05, 4.69) is 63.4 Å². The average molecular weight is 873 g/mol. The minimum Gasteiger partial charge on any atom is -0.444 e. The fourth-order valence-electron chi connectivity index (χ4n) is 10.7. The predicted molar refractivity (Wildman–Crippen MR) is 243 cm³/mol. The third-order valence-electron chi connectivity index (χ3n) is 13.9. The van der Waals surface area contributed by atoms with Crippen molar-refractivity contribution in [2.75, 3.05) is 32.7 Å². The molecule has 5 fully saturated rings. The number of likely N-dealkylation sites (tertiary alicyclic amines) is 4. The van der Waals surface area contributed by atoms with Gasteiger partial charge in [-0.25, -0.2) is 19.6 Å². The van der Waals surface area contributed by atoms with Crippen molar-refractivity contribution in [2.45, 2.75) is 129 Å². The number of aromatic amines is 2. The maximum atomic E-state index is 14.1. The van der Waals surface area contributed by atoms with Crippen LogP contribution in [-0.4, -0.2) is 114 Å². The van der Waals surface area contributed by atoms with Gasteiger partial charge in [-0.15, -0.1) is 0 Å². The summed E-state index contributed by atoms with van der Waals surface area (Å²) in [6.07, 6.45) is 10.6. The molecule has 4 aliphatic heterocycles. The second-order valence-corrected chi connectivity index (χ2v) is 20.6. The van der Waals surface area contributed by atoms with Gasteiger partial charge in [-0.1, -0.05) is 48.5 Å². The number of benzene rings is 2. The molecule has 2 N–H and O–H groups in total. The van der Waals surface area contributed by atoms with Gasteiger partial charge in [-0.05, 0) is 128 Å². The molecule has 2 aromatic heterocycles. The zero-order valence-electron chi connectivity index (χ0n) is 38.3. The Morgan fingerprint density at radius 1 is 0.578 bits per heavy atom. The van der Waals surface area contributed by atoms with Crippen molar-refractivity contribution < 1.29 is 28.7 Å². The van der Waals surface area contributed by atoms with Gasteiger partial charge in [0.25, 0.3) is 0 Å². The van der Waals surface area contributed by atoms with Crippen LogP contribution in [0.3, 0.4) is 0 Å². The number of hydrogen-bond acceptors (Lipinski definition) is 8. The van der Waals surface area contributed by atoms with E-state index in [1.807, 2.05) is 58.8 Å². The quantitative estimate of drug-likeness (QED) is 0.186. The maximum Gasteiger partial charge on any atom is 0.410 e. The second-order valence-electron chi connectivity index (χ2n) is 20.6. The molecule has 340 valence electrons. The van der Waals surface area contributed by atoms with Crippen LogP contribution in [0, 0.1) is 17.8 Å². The number of hydrogen-bond donors (Lipinski definition) is 2. The Morgan fingerprint density at radius 2 is 1.05 bits per heavy atom. The van der Waals surface area contributed by atoms with Crippen molar-refractivity contribution in [3.63, 3.8) is 0 Å². The highest BCUT2D eigenvalue weighted by Crippen LogP contribution is 2.51. The first kappa shape index (κ1) is 43.6. The summed E-state index contributed by atoms with van der Waals surface area (Å²) in [5.74, 6) is 2.18. The number of nitrogens with zero attached hydrogens (tertiary/aromatic N) is 6. The van der Waals surface area contributed by atoms with Crippen LogP contribution in [-0.2, 0) is 19.1 Å². The van der Waals surface area contributed by atoms with Gasteiger partial charge in [0.1, 0.15) is 22.9 Å².